The van der Waals surface area contributed by atoms with Crippen molar-refractivity contribution < 1.29 is 18.0 Å². The molecule has 6 nitrogen and oxygen atoms in total. The van der Waals surface area contributed by atoms with E-state index in [1.54, 1.807) is 18.7 Å². The van der Waals surface area contributed by atoms with Gasteiger partial charge in [-0.05, 0) is 45.9 Å². The summed E-state index contributed by atoms with van der Waals surface area (Å²) in [6.45, 7) is 7.87. The van der Waals surface area contributed by atoms with E-state index in [-0.39, 0.29) is 27.9 Å². The number of sulfonamides is 1. The predicted molar refractivity (Wildman–Crippen MR) is 93.8 cm³/mol. The van der Waals surface area contributed by atoms with Crippen molar-refractivity contribution in [2.45, 2.75) is 27.7 Å². The molecule has 0 unspecified atom stereocenters. The molecule has 0 aromatic heterocycles. The molecule has 2 amide bonds. The van der Waals surface area contributed by atoms with E-state index in [0.29, 0.717) is 13.1 Å². The second kappa shape index (κ2) is 6.37. The van der Waals surface area contributed by atoms with Gasteiger partial charge in [-0.3, -0.25) is 9.59 Å². The molecule has 1 aliphatic rings. The minimum absolute atomic E-state index is 0.144. The monoisotopic (exact) mass is 372 g/mol. The Morgan fingerprint density at radius 2 is 1.88 bits per heavy atom. The fourth-order valence-corrected chi connectivity index (χ4v) is 5.04. The van der Waals surface area contributed by atoms with Crippen LogP contribution in [0.3, 0.4) is 0 Å². The number of halogens is 1. The lowest BCUT2D eigenvalue weighted by molar-refractivity contribution is -0.123. The van der Waals surface area contributed by atoms with Gasteiger partial charge in [0, 0.05) is 13.1 Å². The Balaban J connectivity index is 2.53. The van der Waals surface area contributed by atoms with Crippen molar-refractivity contribution >= 4 is 39.1 Å². The Morgan fingerprint density at radius 1 is 1.29 bits per heavy atom. The molecule has 8 heteroatoms. The van der Waals surface area contributed by atoms with Crippen LogP contribution in [0.4, 0.5) is 5.69 Å². The standard InChI is InChI=1S/C16H21ClN2O4S/c1-5-18(6-2)14(20)12-9-11(7-8-13(12)17)19-15(21)16(3,4)10-24(19,22)23/h7-9H,5-6,10H2,1-4H3. The largest absolute Gasteiger partial charge is 0.339 e. The number of rotatable bonds is 4. The molecular weight excluding hydrogens is 352 g/mol. The molecule has 0 spiro atoms. The zero-order chi connectivity index (χ0) is 18.3. The molecule has 2 rings (SSSR count). The van der Waals surface area contributed by atoms with E-state index in [1.165, 1.54) is 18.2 Å². The van der Waals surface area contributed by atoms with Crippen molar-refractivity contribution in [1.82, 2.24) is 4.90 Å². The van der Waals surface area contributed by atoms with Crippen molar-refractivity contribution in [2.75, 3.05) is 23.1 Å². The molecule has 1 aromatic rings. The summed E-state index contributed by atoms with van der Waals surface area (Å²) in [5, 5.41) is 0.221. The van der Waals surface area contributed by atoms with Gasteiger partial charge in [-0.2, -0.15) is 0 Å². The Kier molecular flexibility index (Phi) is 4.97. The van der Waals surface area contributed by atoms with Crippen LogP contribution in [0.15, 0.2) is 18.2 Å². The van der Waals surface area contributed by atoms with Crippen LogP contribution in [0.2, 0.25) is 5.02 Å². The smallest absolute Gasteiger partial charge is 0.255 e. The summed E-state index contributed by atoms with van der Waals surface area (Å²) in [5.74, 6) is -1.07. The number of nitrogens with zero attached hydrogens (tertiary/aromatic N) is 2. The third-order valence-electron chi connectivity index (χ3n) is 4.05. The summed E-state index contributed by atoms with van der Waals surface area (Å²) in [5.41, 5.74) is -0.669. The van der Waals surface area contributed by atoms with Gasteiger partial charge in [-0.1, -0.05) is 11.6 Å². The number of anilines is 1. The molecule has 0 aliphatic carbocycles. The minimum atomic E-state index is -3.77. The Morgan fingerprint density at radius 3 is 2.33 bits per heavy atom. The van der Waals surface area contributed by atoms with E-state index >= 15 is 0 Å². The second-order valence-electron chi connectivity index (χ2n) is 6.35. The lowest BCUT2D eigenvalue weighted by Gasteiger charge is -2.22. The lowest BCUT2D eigenvalue weighted by Crippen LogP contribution is -2.34. The van der Waals surface area contributed by atoms with E-state index in [4.69, 9.17) is 11.6 Å². The summed E-state index contributed by atoms with van der Waals surface area (Å²) in [7, 11) is -3.77. The molecule has 132 valence electrons. The quantitative estimate of drug-likeness (QED) is 0.813. The average Bonchev–Trinajstić information content (AvgIpc) is 2.65. The molecule has 1 saturated heterocycles. The topological polar surface area (TPSA) is 74.8 Å². The van der Waals surface area contributed by atoms with Gasteiger partial charge in [0.25, 0.3) is 5.91 Å². The van der Waals surface area contributed by atoms with Crippen LogP contribution in [0, 0.1) is 5.41 Å². The number of carbonyl (C=O) groups excluding carboxylic acids is 2. The van der Waals surface area contributed by atoms with Gasteiger partial charge < -0.3 is 4.90 Å². The van der Waals surface area contributed by atoms with Crippen molar-refractivity contribution in [3.63, 3.8) is 0 Å². The molecule has 0 bridgehead atoms. The zero-order valence-corrected chi connectivity index (χ0v) is 15.7. The highest BCUT2D eigenvalue weighted by molar-refractivity contribution is 7.94. The first-order chi connectivity index (χ1) is 11.0. The molecule has 24 heavy (non-hydrogen) atoms. The van der Waals surface area contributed by atoms with Gasteiger partial charge in [0.2, 0.25) is 15.9 Å². The molecule has 1 aliphatic heterocycles. The molecular formula is C16H21ClN2O4S. The van der Waals surface area contributed by atoms with E-state index in [2.05, 4.69) is 0 Å². The maximum Gasteiger partial charge on any atom is 0.255 e. The maximum atomic E-state index is 12.6. The van der Waals surface area contributed by atoms with Crippen LogP contribution in [0.25, 0.3) is 0 Å². The van der Waals surface area contributed by atoms with Crippen molar-refractivity contribution in [2.24, 2.45) is 5.41 Å². The first-order valence-corrected chi connectivity index (χ1v) is 9.70. The molecule has 1 aromatic carbocycles. The van der Waals surface area contributed by atoms with Crippen LogP contribution in [0.5, 0.6) is 0 Å². The van der Waals surface area contributed by atoms with Crippen molar-refractivity contribution in [3.8, 4) is 0 Å². The number of hydrogen-bond acceptors (Lipinski definition) is 4. The van der Waals surface area contributed by atoms with E-state index in [9.17, 15) is 18.0 Å². The summed E-state index contributed by atoms with van der Waals surface area (Å²) < 4.78 is 25.5. The molecule has 0 atom stereocenters. The van der Waals surface area contributed by atoms with Crippen LogP contribution in [-0.4, -0.2) is 44.0 Å². The highest BCUT2D eigenvalue weighted by Gasteiger charge is 2.50. The van der Waals surface area contributed by atoms with E-state index in [0.717, 1.165) is 4.31 Å². The third kappa shape index (κ3) is 3.15. The summed E-state index contributed by atoms with van der Waals surface area (Å²) in [6.07, 6.45) is 0. The summed E-state index contributed by atoms with van der Waals surface area (Å²) in [4.78, 5) is 26.6. The number of benzene rings is 1. The van der Waals surface area contributed by atoms with Gasteiger partial charge >= 0.3 is 0 Å². The zero-order valence-electron chi connectivity index (χ0n) is 14.2. The van der Waals surface area contributed by atoms with Crippen LogP contribution < -0.4 is 4.31 Å². The van der Waals surface area contributed by atoms with Crippen molar-refractivity contribution in [3.05, 3.63) is 28.8 Å². The van der Waals surface area contributed by atoms with Gasteiger partial charge in [-0.15, -0.1) is 0 Å². The van der Waals surface area contributed by atoms with Gasteiger partial charge in [-0.25, -0.2) is 12.7 Å². The summed E-state index contributed by atoms with van der Waals surface area (Å²) >= 11 is 6.12. The lowest BCUT2D eigenvalue weighted by atomic mass is 9.95. The molecule has 0 saturated carbocycles. The molecule has 0 radical (unpaired) electrons. The average molecular weight is 373 g/mol. The fourth-order valence-electron chi connectivity index (χ4n) is 2.75. The normalized spacial score (nSPS) is 18.7. The Labute approximate surface area is 147 Å². The van der Waals surface area contributed by atoms with E-state index < -0.39 is 21.3 Å². The number of hydrogen-bond donors (Lipinski definition) is 0. The first-order valence-electron chi connectivity index (χ1n) is 7.71. The fraction of sp³-hybridized carbons (Fsp3) is 0.500. The first kappa shape index (κ1) is 18.7. The van der Waals surface area contributed by atoms with Gasteiger partial charge in [0.1, 0.15) is 0 Å². The third-order valence-corrected chi connectivity index (χ3v) is 6.40. The van der Waals surface area contributed by atoms with Gasteiger partial charge in [0.05, 0.1) is 27.4 Å². The van der Waals surface area contributed by atoms with Crippen molar-refractivity contribution in [1.29, 1.82) is 0 Å². The molecule has 1 fully saturated rings. The van der Waals surface area contributed by atoms with Gasteiger partial charge in [0.15, 0.2) is 0 Å². The predicted octanol–water partition coefficient (Wildman–Crippen LogP) is 2.52. The molecule has 0 N–H and O–H groups in total. The number of amides is 2. The molecule has 1 heterocycles. The van der Waals surface area contributed by atoms with Crippen LogP contribution in [-0.2, 0) is 14.8 Å². The second-order valence-corrected chi connectivity index (χ2v) is 8.58. The maximum absolute atomic E-state index is 12.6. The highest BCUT2D eigenvalue weighted by atomic mass is 35.5. The summed E-state index contributed by atoms with van der Waals surface area (Å²) in [6, 6.07) is 4.26. The van der Waals surface area contributed by atoms with Crippen LogP contribution in [0.1, 0.15) is 38.1 Å². The Hall–Kier alpha value is -1.60. The minimum Gasteiger partial charge on any atom is -0.339 e. The highest BCUT2D eigenvalue weighted by Crippen LogP contribution is 2.37. The number of carbonyl (C=O) groups is 2. The van der Waals surface area contributed by atoms with Crippen LogP contribution >= 0.6 is 11.6 Å². The Bertz CT molecular complexity index is 785. The SMILES string of the molecule is CCN(CC)C(=O)c1cc(N2C(=O)C(C)(C)CS2(=O)=O)ccc1Cl. The van der Waals surface area contributed by atoms with E-state index in [1.807, 2.05) is 13.8 Å².